The van der Waals surface area contributed by atoms with Gasteiger partial charge in [-0.25, -0.2) is 0 Å². The molecule has 0 aliphatic heterocycles. The van der Waals surface area contributed by atoms with Crippen LogP contribution in [0.2, 0.25) is 0 Å². The van der Waals surface area contributed by atoms with Gasteiger partial charge in [-0.2, -0.15) is 0 Å². The number of ether oxygens (including phenoxy) is 8. The summed E-state index contributed by atoms with van der Waals surface area (Å²) in [5, 5.41) is 39.8. The van der Waals surface area contributed by atoms with Gasteiger partial charge in [0, 0.05) is 101 Å². The summed E-state index contributed by atoms with van der Waals surface area (Å²) in [6.45, 7) is 31.2. The Morgan fingerprint density at radius 2 is 0.514 bits per heavy atom. The van der Waals surface area contributed by atoms with Gasteiger partial charge in [-0.1, -0.05) is 222 Å². The Balaban J connectivity index is 0.000000789. The first-order chi connectivity index (χ1) is 66.3. The van der Waals surface area contributed by atoms with Gasteiger partial charge in [-0.3, -0.25) is 57.5 Å². The SMILES string of the molecule is CC/C=C\CC1C(=O)CCC1CC(=O)OC.CCCCCC1C(=O)CCC1CC(=O)OC.CCCCCC1C(=O)CCC1CC(=O)OCC.CCCCCC1C(=O)CCC1CC(=O)OCC=C(C)C.CCCCCC1C(O)CCC1CC(=O)OC.CCCCCC1C(O)CCC1CC(=O)OCC.CCCCCC1C(O)CCC1CC(=O)OCCC.CCCCCC1C(O)CCC1CC(=O)OCCC. The zero-order chi connectivity index (χ0) is 103. The quantitative estimate of drug-likeness (QED) is 0.0190. The summed E-state index contributed by atoms with van der Waals surface area (Å²) in [6.07, 6.45) is 57.3. The molecule has 138 heavy (non-hydrogen) atoms. The molecule has 0 heterocycles. The van der Waals surface area contributed by atoms with E-state index in [0.29, 0.717) is 181 Å². The van der Waals surface area contributed by atoms with E-state index in [4.69, 9.17) is 28.4 Å². The third-order valence-corrected chi connectivity index (χ3v) is 29.8. The number of carbonyl (C=O) groups is 12. The number of hydrogen-bond acceptors (Lipinski definition) is 24. The second-order valence-corrected chi connectivity index (χ2v) is 40.7. The van der Waals surface area contributed by atoms with Gasteiger partial charge in [-0.15, -0.1) is 0 Å². The molecule has 0 bridgehead atoms. The van der Waals surface area contributed by atoms with Crippen molar-refractivity contribution in [1.82, 2.24) is 0 Å². The molecule has 0 spiro atoms. The fourth-order valence-electron chi connectivity index (χ4n) is 21.7. The molecular formula is C114H200O24. The van der Waals surface area contributed by atoms with Crippen molar-refractivity contribution in [3.05, 3.63) is 23.8 Å². The zero-order valence-electron chi connectivity index (χ0n) is 89.9. The van der Waals surface area contributed by atoms with Crippen molar-refractivity contribution in [1.29, 1.82) is 0 Å². The summed E-state index contributed by atoms with van der Waals surface area (Å²) < 4.78 is 39.5. The summed E-state index contributed by atoms with van der Waals surface area (Å²) in [5.74, 6) is 4.04. The molecule has 0 saturated heterocycles. The topological polar surface area (TPSA) is 360 Å². The Bertz CT molecular complexity index is 3290. The number of Topliss-reactive ketones (excluding diaryl/α,β-unsaturated/α-hetero) is 4. The molecule has 24 heteroatoms. The summed E-state index contributed by atoms with van der Waals surface area (Å²) in [6, 6.07) is 0. The minimum absolute atomic E-state index is 0.0295. The minimum atomic E-state index is -0.204. The molecule has 20 unspecified atom stereocenters. The first-order valence-corrected chi connectivity index (χ1v) is 55.4. The monoisotopic (exact) mass is 1950 g/mol. The van der Waals surface area contributed by atoms with E-state index in [-0.39, 0.29) is 120 Å². The van der Waals surface area contributed by atoms with Crippen LogP contribution < -0.4 is 0 Å². The summed E-state index contributed by atoms with van der Waals surface area (Å²) in [4.78, 5) is 139. The number of methoxy groups -OCH3 is 3. The largest absolute Gasteiger partial charge is 0.469 e. The number of aliphatic hydroxyl groups excluding tert-OH is 4. The zero-order valence-corrected chi connectivity index (χ0v) is 89.9. The van der Waals surface area contributed by atoms with Gasteiger partial charge in [0.25, 0.3) is 0 Å². The molecule has 8 rings (SSSR count). The summed E-state index contributed by atoms with van der Waals surface area (Å²) >= 11 is 0. The molecule has 8 aliphatic rings. The normalized spacial score (nSPS) is 25.9. The summed E-state index contributed by atoms with van der Waals surface area (Å²) in [7, 11) is 4.23. The van der Waals surface area contributed by atoms with Gasteiger partial charge in [-0.05, 0) is 252 Å². The van der Waals surface area contributed by atoms with Crippen LogP contribution in [0.5, 0.6) is 0 Å². The number of esters is 8. The van der Waals surface area contributed by atoms with E-state index in [9.17, 15) is 78.0 Å². The molecule has 8 fully saturated rings. The molecule has 8 aliphatic carbocycles. The lowest BCUT2D eigenvalue weighted by atomic mass is 9.87. The van der Waals surface area contributed by atoms with Crippen LogP contribution in [0, 0.1) is 94.7 Å². The highest BCUT2D eigenvalue weighted by molar-refractivity contribution is 5.86. The average molecular weight is 1950 g/mol. The first kappa shape index (κ1) is 130. The molecule has 8 saturated carbocycles. The van der Waals surface area contributed by atoms with Crippen molar-refractivity contribution in [2.75, 3.05) is 54.4 Å². The highest BCUT2D eigenvalue weighted by Crippen LogP contribution is 2.44. The standard InChI is InChI=1S/C17H28O3.2C15H28O3.C14H26O3.C14H24O3.C13H24O3.C13H22O3.C13H20O3/c1-4-5-6-7-15-14(8-9-16(15)18)12-17(19)20-11-10-13(2)3;2*1-3-5-6-7-13-12(8-9-14(13)16)11-15(17)18-10-4-2;2*1-3-5-6-7-12-11(8-9-13(12)15)10-14(16)17-4-2;3*1-3-4-5-6-11-10(7-8-12(11)14)9-13(15)16-2/h10,14-15H,4-9,11-12H2,1-3H3;2*12-14,16H,3-11H2,1-2H3;11-13,15H,3-10H2,1-2H3;11-12H,3-10H2,1-2H3;10-12,14H,3-9H2,1-2H3;10-11H,3-9H2,1-2H3;4-5,10-11H,3,6-9H2,1-2H3/b;;;;;;;5-4-. The maximum Gasteiger partial charge on any atom is 0.306 e. The van der Waals surface area contributed by atoms with Gasteiger partial charge >= 0.3 is 47.8 Å². The lowest BCUT2D eigenvalue weighted by Gasteiger charge is -2.21. The van der Waals surface area contributed by atoms with Gasteiger partial charge in [0.05, 0.1) is 72.2 Å². The molecule has 0 aromatic heterocycles. The van der Waals surface area contributed by atoms with Crippen molar-refractivity contribution < 1.29 is 116 Å². The summed E-state index contributed by atoms with van der Waals surface area (Å²) in [5.41, 5.74) is 1.14. The predicted octanol–water partition coefficient (Wildman–Crippen LogP) is 24.4. The third kappa shape index (κ3) is 56.1. The Morgan fingerprint density at radius 1 is 0.275 bits per heavy atom. The van der Waals surface area contributed by atoms with E-state index in [1.54, 1.807) is 0 Å². The van der Waals surface area contributed by atoms with Crippen LogP contribution in [-0.4, -0.2) is 170 Å². The third-order valence-electron chi connectivity index (χ3n) is 29.8. The van der Waals surface area contributed by atoms with Crippen LogP contribution in [0.25, 0.3) is 0 Å². The molecule has 0 radical (unpaired) electrons. The fraction of sp³-hybridized carbons (Fsp3) is 0.860. The first-order valence-electron chi connectivity index (χ1n) is 55.4. The smallest absolute Gasteiger partial charge is 0.306 e. The Hall–Kier alpha value is -6.24. The van der Waals surface area contributed by atoms with E-state index >= 15 is 0 Å². The lowest BCUT2D eigenvalue weighted by Crippen LogP contribution is -2.22. The number of carbonyl (C=O) groups excluding carboxylic acids is 12. The average Bonchev–Trinajstić information content (AvgIpc) is 1.74. The molecule has 0 aromatic rings. The number of rotatable bonds is 55. The number of allylic oxidation sites excluding steroid dienone is 3. The second-order valence-electron chi connectivity index (χ2n) is 40.7. The van der Waals surface area contributed by atoms with E-state index in [2.05, 4.69) is 77.0 Å². The van der Waals surface area contributed by atoms with E-state index in [0.717, 1.165) is 192 Å². The fourth-order valence-corrected chi connectivity index (χ4v) is 21.7. The lowest BCUT2D eigenvalue weighted by molar-refractivity contribution is -0.146. The van der Waals surface area contributed by atoms with Gasteiger partial charge in [0.2, 0.25) is 0 Å². The van der Waals surface area contributed by atoms with Crippen LogP contribution in [0.1, 0.15) is 456 Å². The van der Waals surface area contributed by atoms with Crippen LogP contribution in [0.3, 0.4) is 0 Å². The van der Waals surface area contributed by atoms with Crippen LogP contribution in [0.15, 0.2) is 23.8 Å². The van der Waals surface area contributed by atoms with Crippen LogP contribution >= 0.6 is 0 Å². The van der Waals surface area contributed by atoms with Crippen molar-refractivity contribution in [3.8, 4) is 0 Å². The van der Waals surface area contributed by atoms with Crippen LogP contribution in [-0.2, 0) is 95.4 Å². The van der Waals surface area contributed by atoms with Crippen molar-refractivity contribution >= 4 is 70.9 Å². The highest BCUT2D eigenvalue weighted by Gasteiger charge is 2.43. The van der Waals surface area contributed by atoms with Crippen molar-refractivity contribution in [2.24, 2.45) is 94.7 Å². The maximum atomic E-state index is 11.9. The van der Waals surface area contributed by atoms with Gasteiger partial charge < -0.3 is 58.3 Å². The van der Waals surface area contributed by atoms with E-state index in [1.165, 1.54) is 118 Å². The maximum absolute atomic E-state index is 11.9. The molecule has 800 valence electrons. The molecular weight excluding hydrogens is 1750 g/mol. The molecule has 0 amide bonds. The molecule has 20 atom stereocenters. The highest BCUT2D eigenvalue weighted by atomic mass is 16.6. The van der Waals surface area contributed by atoms with E-state index < -0.39 is 0 Å². The van der Waals surface area contributed by atoms with Gasteiger partial charge in [0.1, 0.15) is 29.7 Å². The number of aliphatic hydroxyl groups is 4. The number of hydrogen-bond donors (Lipinski definition) is 4. The second kappa shape index (κ2) is 81.1. The van der Waals surface area contributed by atoms with Crippen molar-refractivity contribution in [2.45, 2.75) is 481 Å². The molecule has 24 nitrogen and oxygen atoms in total. The molecule has 0 aromatic carbocycles. The van der Waals surface area contributed by atoms with Crippen LogP contribution in [0.4, 0.5) is 0 Å². The van der Waals surface area contributed by atoms with Gasteiger partial charge in [0.15, 0.2) is 0 Å². The minimum Gasteiger partial charge on any atom is -0.469 e. The Kier molecular flexibility index (Phi) is 76.3. The Morgan fingerprint density at radius 3 is 0.768 bits per heavy atom. The number of ketones is 4. The number of unbranched alkanes of at least 4 members (excludes halogenated alkanes) is 14. The van der Waals surface area contributed by atoms with E-state index in [1.807, 2.05) is 47.6 Å². The van der Waals surface area contributed by atoms with Crippen molar-refractivity contribution in [3.63, 3.8) is 0 Å². The molecule has 4 N–H and O–H groups in total. The Labute approximate surface area is 836 Å². The predicted molar refractivity (Wildman–Crippen MR) is 546 cm³/mol.